The van der Waals surface area contributed by atoms with Gasteiger partial charge < -0.3 is 10.1 Å². The third kappa shape index (κ3) is 7.12. The lowest BCUT2D eigenvalue weighted by Gasteiger charge is -2.17. The van der Waals surface area contributed by atoms with E-state index in [0.717, 1.165) is 61.1 Å². The van der Waals surface area contributed by atoms with Crippen LogP contribution in [0.3, 0.4) is 0 Å². The molecule has 0 radical (unpaired) electrons. The normalized spacial score (nSPS) is 14.2. The molecule has 5 nitrogen and oxygen atoms in total. The van der Waals surface area contributed by atoms with Crippen molar-refractivity contribution in [3.63, 3.8) is 0 Å². The first-order valence-electron chi connectivity index (χ1n) is 12.4. The molecule has 1 N–H and O–H groups in total. The molecule has 0 aromatic heterocycles. The number of amides is 1. The molecule has 0 fully saturated rings. The SMILES string of the molecule is CC1(CCCCCCCNC(=O)Oc2ccccc2)N=C(c2ccccc2)C(c2ccccc2)=N1. The summed E-state index contributed by atoms with van der Waals surface area (Å²) in [5.74, 6) is 0.557. The summed E-state index contributed by atoms with van der Waals surface area (Å²) in [6.07, 6.45) is 5.84. The van der Waals surface area contributed by atoms with Gasteiger partial charge >= 0.3 is 6.09 Å². The highest BCUT2D eigenvalue weighted by atomic mass is 16.6. The first-order valence-corrected chi connectivity index (χ1v) is 12.4. The number of carbonyl (C=O) groups is 1. The second kappa shape index (κ2) is 12.1. The largest absolute Gasteiger partial charge is 0.412 e. The highest BCUT2D eigenvalue weighted by molar-refractivity contribution is 6.54. The maximum absolute atomic E-state index is 11.8. The standard InChI is InChI=1S/C30H33N3O2/c1-30(22-14-3-2-4-15-23-31-29(34)35-26-20-12-7-13-21-26)32-27(24-16-8-5-9-17-24)28(33-30)25-18-10-6-11-19-25/h5-13,16-21H,2-4,14-15,22-23H2,1H3,(H,31,34). The topological polar surface area (TPSA) is 63.0 Å². The van der Waals surface area contributed by atoms with Gasteiger partial charge in [0.05, 0.1) is 11.4 Å². The molecule has 180 valence electrons. The smallest absolute Gasteiger partial charge is 0.410 e. The minimum Gasteiger partial charge on any atom is -0.410 e. The van der Waals surface area contributed by atoms with E-state index < -0.39 is 11.8 Å². The van der Waals surface area contributed by atoms with Crippen molar-refractivity contribution in [2.24, 2.45) is 9.98 Å². The summed E-state index contributed by atoms with van der Waals surface area (Å²) in [4.78, 5) is 22.0. The Labute approximate surface area is 208 Å². The van der Waals surface area contributed by atoms with Gasteiger partial charge in [-0.15, -0.1) is 0 Å². The summed E-state index contributed by atoms with van der Waals surface area (Å²) in [5.41, 5.74) is 3.74. The van der Waals surface area contributed by atoms with E-state index in [-0.39, 0.29) is 0 Å². The van der Waals surface area contributed by atoms with Gasteiger partial charge in [0.1, 0.15) is 11.4 Å². The van der Waals surface area contributed by atoms with Gasteiger partial charge in [-0.3, -0.25) is 9.98 Å². The molecular formula is C30H33N3O2. The van der Waals surface area contributed by atoms with Crippen molar-refractivity contribution in [3.8, 4) is 5.75 Å². The molecule has 0 spiro atoms. The molecule has 0 atom stereocenters. The molecule has 3 aromatic carbocycles. The van der Waals surface area contributed by atoms with E-state index in [1.807, 2.05) is 54.6 Å². The lowest BCUT2D eigenvalue weighted by molar-refractivity contribution is 0.200. The minimum absolute atomic E-state index is 0.399. The van der Waals surface area contributed by atoms with Crippen LogP contribution in [0.1, 0.15) is 56.6 Å². The van der Waals surface area contributed by atoms with Crippen LogP contribution in [0.15, 0.2) is 101 Å². The van der Waals surface area contributed by atoms with E-state index in [1.54, 1.807) is 12.1 Å². The maximum atomic E-state index is 11.8. The van der Waals surface area contributed by atoms with Crippen LogP contribution < -0.4 is 10.1 Å². The van der Waals surface area contributed by atoms with Crippen molar-refractivity contribution in [3.05, 3.63) is 102 Å². The number of carbonyl (C=O) groups excluding carboxylic acids is 1. The van der Waals surface area contributed by atoms with Crippen LogP contribution in [-0.2, 0) is 0 Å². The van der Waals surface area contributed by atoms with Crippen molar-refractivity contribution in [1.29, 1.82) is 0 Å². The van der Waals surface area contributed by atoms with Gasteiger partial charge in [0, 0.05) is 17.7 Å². The summed E-state index contributed by atoms with van der Waals surface area (Å²) in [7, 11) is 0. The third-order valence-electron chi connectivity index (χ3n) is 6.07. The predicted molar refractivity (Wildman–Crippen MR) is 143 cm³/mol. The first-order chi connectivity index (χ1) is 17.1. The number of ether oxygens (including phenoxy) is 1. The van der Waals surface area contributed by atoms with Crippen molar-refractivity contribution < 1.29 is 9.53 Å². The van der Waals surface area contributed by atoms with Crippen molar-refractivity contribution in [2.45, 2.75) is 51.1 Å². The van der Waals surface area contributed by atoms with Crippen LogP contribution in [0.2, 0.25) is 0 Å². The fourth-order valence-electron chi connectivity index (χ4n) is 4.26. The maximum Gasteiger partial charge on any atom is 0.412 e. The van der Waals surface area contributed by atoms with Crippen LogP contribution in [0.25, 0.3) is 0 Å². The lowest BCUT2D eigenvalue weighted by Crippen LogP contribution is -2.27. The number of nitrogens with one attached hydrogen (secondary N) is 1. The summed E-state index contributed by atoms with van der Waals surface area (Å²) in [5, 5.41) is 2.82. The van der Waals surface area contributed by atoms with Gasteiger partial charge in [-0.05, 0) is 38.3 Å². The van der Waals surface area contributed by atoms with Gasteiger partial charge in [-0.1, -0.05) is 98.1 Å². The van der Waals surface area contributed by atoms with Crippen molar-refractivity contribution >= 4 is 17.5 Å². The summed E-state index contributed by atoms with van der Waals surface area (Å²) < 4.78 is 5.23. The quantitative estimate of drug-likeness (QED) is 0.314. The second-order valence-electron chi connectivity index (χ2n) is 9.02. The van der Waals surface area contributed by atoms with Gasteiger partial charge in [-0.25, -0.2) is 4.79 Å². The number of unbranched alkanes of at least 4 members (excludes halogenated alkanes) is 4. The Morgan fingerprint density at radius 3 is 1.77 bits per heavy atom. The number of hydrogen-bond donors (Lipinski definition) is 1. The van der Waals surface area contributed by atoms with Crippen LogP contribution in [-0.4, -0.2) is 29.7 Å². The molecule has 0 aliphatic carbocycles. The molecule has 3 aromatic rings. The Balaban J connectivity index is 1.21. The highest BCUT2D eigenvalue weighted by Crippen LogP contribution is 2.30. The number of hydrogen-bond acceptors (Lipinski definition) is 4. The molecule has 35 heavy (non-hydrogen) atoms. The van der Waals surface area contributed by atoms with Crippen LogP contribution in [0.4, 0.5) is 4.79 Å². The fourth-order valence-corrected chi connectivity index (χ4v) is 4.26. The molecule has 1 heterocycles. The summed E-state index contributed by atoms with van der Waals surface area (Å²) in [6, 6.07) is 29.8. The minimum atomic E-state index is -0.431. The molecule has 0 saturated heterocycles. The average Bonchev–Trinajstić information content (AvgIpc) is 3.25. The number of aliphatic imine (C=N–C) groups is 2. The molecule has 1 amide bonds. The Kier molecular flexibility index (Phi) is 8.44. The summed E-state index contributed by atoms with van der Waals surface area (Å²) in [6.45, 7) is 2.76. The molecule has 5 heteroatoms. The predicted octanol–water partition coefficient (Wildman–Crippen LogP) is 6.82. The van der Waals surface area contributed by atoms with Crippen molar-refractivity contribution in [1.82, 2.24) is 5.32 Å². The van der Waals surface area contributed by atoms with Gasteiger partial charge in [-0.2, -0.15) is 0 Å². The van der Waals surface area contributed by atoms with Crippen molar-refractivity contribution in [2.75, 3.05) is 6.54 Å². The highest BCUT2D eigenvalue weighted by Gasteiger charge is 2.32. The zero-order valence-electron chi connectivity index (χ0n) is 20.3. The Morgan fingerprint density at radius 2 is 1.20 bits per heavy atom. The Morgan fingerprint density at radius 1 is 0.714 bits per heavy atom. The third-order valence-corrected chi connectivity index (χ3v) is 6.07. The Bertz CT molecular complexity index is 1090. The molecule has 1 aliphatic rings. The van der Waals surface area contributed by atoms with Gasteiger partial charge in [0.2, 0.25) is 0 Å². The van der Waals surface area contributed by atoms with E-state index in [0.29, 0.717) is 12.3 Å². The van der Waals surface area contributed by atoms with E-state index >= 15 is 0 Å². The van der Waals surface area contributed by atoms with E-state index in [1.165, 1.54) is 0 Å². The lowest BCUT2D eigenvalue weighted by atomic mass is 10.0. The molecule has 1 aliphatic heterocycles. The zero-order chi connectivity index (χ0) is 24.3. The molecule has 0 unspecified atom stereocenters. The molecule has 4 rings (SSSR count). The average molecular weight is 468 g/mol. The summed E-state index contributed by atoms with van der Waals surface area (Å²) >= 11 is 0. The second-order valence-corrected chi connectivity index (χ2v) is 9.02. The number of rotatable bonds is 11. The number of para-hydroxylation sites is 1. The van der Waals surface area contributed by atoms with E-state index in [2.05, 4.69) is 36.5 Å². The number of benzene rings is 3. The van der Waals surface area contributed by atoms with E-state index in [4.69, 9.17) is 14.7 Å². The Hall–Kier alpha value is -3.73. The van der Waals surface area contributed by atoms with Crippen LogP contribution >= 0.6 is 0 Å². The molecule has 0 bridgehead atoms. The molecule has 0 saturated carbocycles. The van der Waals surface area contributed by atoms with Gasteiger partial charge in [0.25, 0.3) is 0 Å². The van der Waals surface area contributed by atoms with Crippen LogP contribution in [0.5, 0.6) is 5.75 Å². The van der Waals surface area contributed by atoms with E-state index in [9.17, 15) is 4.79 Å². The molecular weight excluding hydrogens is 434 g/mol. The van der Waals surface area contributed by atoms with Gasteiger partial charge in [0.15, 0.2) is 0 Å². The zero-order valence-corrected chi connectivity index (χ0v) is 20.3. The first kappa shape index (κ1) is 24.4. The fraction of sp³-hybridized carbons (Fsp3) is 0.300. The van der Waals surface area contributed by atoms with Crippen LogP contribution in [0, 0.1) is 0 Å². The monoisotopic (exact) mass is 467 g/mol. The number of nitrogens with zero attached hydrogens (tertiary/aromatic N) is 2.